The highest BCUT2D eigenvalue weighted by Crippen LogP contribution is 2.15. The molecular formula is C16H27N2O. The molecule has 0 saturated carbocycles. The molecule has 0 aliphatic carbocycles. The fourth-order valence-corrected chi connectivity index (χ4v) is 1.99. The number of unbranched alkanes of at least 4 members (excludes halogenated alkanes) is 6. The molecule has 1 radical (unpaired) electrons. The van der Waals surface area contributed by atoms with Gasteiger partial charge in [-0.1, -0.05) is 52.4 Å². The first kappa shape index (κ1) is 15.9. The van der Waals surface area contributed by atoms with E-state index in [1.54, 1.807) is 12.4 Å². The monoisotopic (exact) mass is 263 g/mol. The van der Waals surface area contributed by atoms with Crippen molar-refractivity contribution in [1.82, 2.24) is 9.97 Å². The van der Waals surface area contributed by atoms with Crippen LogP contribution in [0.2, 0.25) is 0 Å². The molecule has 0 aliphatic rings. The first-order chi connectivity index (χ1) is 9.38. The van der Waals surface area contributed by atoms with Gasteiger partial charge in [-0.15, -0.1) is 0 Å². The summed E-state index contributed by atoms with van der Waals surface area (Å²) in [6.07, 6.45) is 13.8. The minimum Gasteiger partial charge on any atom is -0.476 e. The standard InChI is InChI=1S/C16H27N2O/c1-3-5-7-9-11-15-16(18-13-12-17-15)19-14-10-8-6-4-2/h12-13H,1,3-11,14H2,2H3. The molecular weight excluding hydrogens is 236 g/mol. The van der Waals surface area contributed by atoms with Crippen LogP contribution in [0.15, 0.2) is 12.4 Å². The Morgan fingerprint density at radius 1 is 1.00 bits per heavy atom. The van der Waals surface area contributed by atoms with Crippen LogP contribution < -0.4 is 4.74 Å². The van der Waals surface area contributed by atoms with Crippen LogP contribution in [0.1, 0.15) is 64.0 Å². The number of rotatable bonds is 11. The Morgan fingerprint density at radius 2 is 1.79 bits per heavy atom. The first-order valence-corrected chi connectivity index (χ1v) is 7.60. The number of hydrogen-bond acceptors (Lipinski definition) is 3. The van der Waals surface area contributed by atoms with Crippen LogP contribution in [-0.4, -0.2) is 16.6 Å². The third-order valence-electron chi connectivity index (χ3n) is 3.14. The van der Waals surface area contributed by atoms with E-state index < -0.39 is 0 Å². The Hall–Kier alpha value is -1.12. The van der Waals surface area contributed by atoms with Gasteiger partial charge in [-0.2, -0.15) is 0 Å². The summed E-state index contributed by atoms with van der Waals surface area (Å²) in [5.41, 5.74) is 1.00. The zero-order chi connectivity index (χ0) is 13.8. The highest BCUT2D eigenvalue weighted by atomic mass is 16.5. The van der Waals surface area contributed by atoms with Gasteiger partial charge in [0.15, 0.2) is 0 Å². The van der Waals surface area contributed by atoms with E-state index in [4.69, 9.17) is 4.74 Å². The fraction of sp³-hybridized carbons (Fsp3) is 0.688. The van der Waals surface area contributed by atoms with Crippen LogP contribution in [0.4, 0.5) is 0 Å². The Labute approximate surface area is 117 Å². The van der Waals surface area contributed by atoms with Gasteiger partial charge in [0.1, 0.15) is 5.69 Å². The zero-order valence-corrected chi connectivity index (χ0v) is 12.2. The number of aromatic nitrogens is 2. The van der Waals surface area contributed by atoms with E-state index in [1.807, 2.05) is 0 Å². The van der Waals surface area contributed by atoms with Gasteiger partial charge >= 0.3 is 0 Å². The first-order valence-electron chi connectivity index (χ1n) is 7.60. The molecule has 3 heteroatoms. The predicted octanol–water partition coefficient (Wildman–Crippen LogP) is 4.37. The van der Waals surface area contributed by atoms with E-state index in [0.717, 1.165) is 43.9 Å². The zero-order valence-electron chi connectivity index (χ0n) is 12.2. The average molecular weight is 263 g/mol. The van der Waals surface area contributed by atoms with E-state index in [1.165, 1.54) is 32.1 Å². The molecule has 0 saturated heterocycles. The highest BCUT2D eigenvalue weighted by molar-refractivity contribution is 5.17. The molecule has 0 bridgehead atoms. The molecule has 0 unspecified atom stereocenters. The van der Waals surface area contributed by atoms with Crippen molar-refractivity contribution in [3.63, 3.8) is 0 Å². The summed E-state index contributed by atoms with van der Waals surface area (Å²) in [5.74, 6) is 0.730. The normalized spacial score (nSPS) is 10.6. The summed E-state index contributed by atoms with van der Waals surface area (Å²) in [4.78, 5) is 8.69. The molecule has 1 rings (SSSR count). The van der Waals surface area contributed by atoms with Crippen molar-refractivity contribution in [3.8, 4) is 5.88 Å². The van der Waals surface area contributed by atoms with Crippen molar-refractivity contribution in [3.05, 3.63) is 25.0 Å². The summed E-state index contributed by atoms with van der Waals surface area (Å²) in [6, 6.07) is 0. The van der Waals surface area contributed by atoms with Gasteiger partial charge in [0.05, 0.1) is 6.61 Å². The molecule has 1 heterocycles. The molecule has 0 N–H and O–H groups in total. The van der Waals surface area contributed by atoms with Gasteiger partial charge in [-0.05, 0) is 19.3 Å². The SMILES string of the molecule is [CH2]CCCCCc1nccnc1OCCCCCC. The largest absolute Gasteiger partial charge is 0.476 e. The van der Waals surface area contributed by atoms with Crippen LogP contribution in [-0.2, 0) is 6.42 Å². The van der Waals surface area contributed by atoms with E-state index in [2.05, 4.69) is 23.8 Å². The van der Waals surface area contributed by atoms with Gasteiger partial charge in [0.25, 0.3) is 0 Å². The Balaban J connectivity index is 2.31. The van der Waals surface area contributed by atoms with Crippen LogP contribution in [0.3, 0.4) is 0 Å². The molecule has 1 aromatic rings. The number of hydrogen-bond donors (Lipinski definition) is 0. The molecule has 3 nitrogen and oxygen atoms in total. The molecule has 0 aliphatic heterocycles. The van der Waals surface area contributed by atoms with E-state index in [9.17, 15) is 0 Å². The van der Waals surface area contributed by atoms with Crippen molar-refractivity contribution < 1.29 is 4.74 Å². The third kappa shape index (κ3) is 7.14. The Kier molecular flexibility index (Phi) is 9.03. The minimum atomic E-state index is 0.730. The third-order valence-corrected chi connectivity index (χ3v) is 3.14. The second-order valence-electron chi connectivity index (χ2n) is 4.88. The van der Waals surface area contributed by atoms with Crippen LogP contribution in [0.25, 0.3) is 0 Å². The van der Waals surface area contributed by atoms with Crippen LogP contribution in [0.5, 0.6) is 5.88 Å². The molecule has 0 aromatic carbocycles. The van der Waals surface area contributed by atoms with Gasteiger partial charge in [0.2, 0.25) is 5.88 Å². The summed E-state index contributed by atoms with van der Waals surface area (Å²) < 4.78 is 5.75. The van der Waals surface area contributed by atoms with Crippen molar-refractivity contribution >= 4 is 0 Å². The van der Waals surface area contributed by atoms with Crippen molar-refractivity contribution in [1.29, 1.82) is 0 Å². The second-order valence-corrected chi connectivity index (χ2v) is 4.88. The topological polar surface area (TPSA) is 35.0 Å². The molecule has 0 spiro atoms. The lowest BCUT2D eigenvalue weighted by Crippen LogP contribution is -2.04. The molecule has 19 heavy (non-hydrogen) atoms. The van der Waals surface area contributed by atoms with Crippen molar-refractivity contribution in [2.24, 2.45) is 0 Å². The van der Waals surface area contributed by atoms with Gasteiger partial charge < -0.3 is 4.74 Å². The van der Waals surface area contributed by atoms with E-state index in [-0.39, 0.29) is 0 Å². The fourth-order valence-electron chi connectivity index (χ4n) is 1.99. The van der Waals surface area contributed by atoms with Crippen LogP contribution in [0, 0.1) is 6.92 Å². The lowest BCUT2D eigenvalue weighted by molar-refractivity contribution is 0.288. The molecule has 0 fully saturated rings. The molecule has 1 aromatic heterocycles. The summed E-state index contributed by atoms with van der Waals surface area (Å²) in [6.45, 7) is 6.83. The maximum absolute atomic E-state index is 5.75. The van der Waals surface area contributed by atoms with Crippen molar-refractivity contribution in [2.45, 2.75) is 64.7 Å². The molecule has 107 valence electrons. The quantitative estimate of drug-likeness (QED) is 0.556. The van der Waals surface area contributed by atoms with Crippen molar-refractivity contribution in [2.75, 3.05) is 6.61 Å². The molecule has 0 amide bonds. The smallest absolute Gasteiger partial charge is 0.235 e. The lowest BCUT2D eigenvalue weighted by Gasteiger charge is -2.09. The number of aryl methyl sites for hydroxylation is 1. The highest BCUT2D eigenvalue weighted by Gasteiger charge is 2.05. The van der Waals surface area contributed by atoms with E-state index >= 15 is 0 Å². The summed E-state index contributed by atoms with van der Waals surface area (Å²) in [5, 5.41) is 0. The number of ether oxygens (including phenoxy) is 1. The number of nitrogens with zero attached hydrogens (tertiary/aromatic N) is 2. The summed E-state index contributed by atoms with van der Waals surface area (Å²) >= 11 is 0. The molecule has 0 atom stereocenters. The Morgan fingerprint density at radius 3 is 2.58 bits per heavy atom. The maximum Gasteiger partial charge on any atom is 0.235 e. The Bertz CT molecular complexity index is 328. The predicted molar refractivity (Wildman–Crippen MR) is 79.2 cm³/mol. The lowest BCUT2D eigenvalue weighted by atomic mass is 10.1. The maximum atomic E-state index is 5.75. The summed E-state index contributed by atoms with van der Waals surface area (Å²) in [7, 11) is 0. The van der Waals surface area contributed by atoms with E-state index in [0.29, 0.717) is 0 Å². The van der Waals surface area contributed by atoms with Gasteiger partial charge in [0, 0.05) is 12.4 Å². The van der Waals surface area contributed by atoms with Gasteiger partial charge in [-0.25, -0.2) is 4.98 Å². The van der Waals surface area contributed by atoms with Crippen LogP contribution >= 0.6 is 0 Å². The minimum absolute atomic E-state index is 0.730. The second kappa shape index (κ2) is 10.8. The average Bonchev–Trinajstić information content (AvgIpc) is 2.45. The van der Waals surface area contributed by atoms with Gasteiger partial charge in [-0.3, -0.25) is 4.98 Å².